The predicted octanol–water partition coefficient (Wildman–Crippen LogP) is 1.12. The molecule has 3 heterocycles. The van der Waals surface area contributed by atoms with Gasteiger partial charge in [-0.15, -0.1) is 5.10 Å². The van der Waals surface area contributed by atoms with Crippen LogP contribution in [-0.2, 0) is 0 Å². The SMILES string of the molecule is CC(C)(C)NCC1CCCN(c2cncc3nnnn23)C1. The summed E-state index contributed by atoms with van der Waals surface area (Å²) in [5.74, 6) is 1.63. The fourth-order valence-corrected chi connectivity index (χ4v) is 2.77. The van der Waals surface area contributed by atoms with Crippen LogP contribution in [0.5, 0.6) is 0 Å². The third-order valence-electron chi connectivity index (χ3n) is 3.85. The van der Waals surface area contributed by atoms with Gasteiger partial charge in [0, 0.05) is 25.2 Å². The maximum Gasteiger partial charge on any atom is 0.199 e. The second-order valence-electron chi connectivity index (χ2n) is 6.80. The van der Waals surface area contributed by atoms with Crippen molar-refractivity contribution in [3.8, 4) is 0 Å². The van der Waals surface area contributed by atoms with E-state index in [1.54, 1.807) is 10.7 Å². The van der Waals surface area contributed by atoms with Crippen molar-refractivity contribution < 1.29 is 0 Å². The standard InChI is InChI=1S/C14H23N7/c1-14(2,3)16-7-11-5-4-6-20(10-11)13-9-15-8-12-17-18-19-21(12)13/h8-9,11,16H,4-7,10H2,1-3H3. The summed E-state index contributed by atoms with van der Waals surface area (Å²) < 4.78 is 1.77. The molecule has 0 aliphatic carbocycles. The molecule has 1 unspecified atom stereocenters. The Kier molecular flexibility index (Phi) is 3.75. The molecule has 0 radical (unpaired) electrons. The molecule has 1 atom stereocenters. The summed E-state index contributed by atoms with van der Waals surface area (Å²) in [5, 5.41) is 15.4. The van der Waals surface area contributed by atoms with E-state index in [9.17, 15) is 0 Å². The molecular formula is C14H23N7. The molecule has 1 fully saturated rings. The molecule has 2 aromatic rings. The molecular weight excluding hydrogens is 266 g/mol. The maximum atomic E-state index is 4.25. The zero-order valence-corrected chi connectivity index (χ0v) is 13.0. The number of hydrogen-bond acceptors (Lipinski definition) is 6. The largest absolute Gasteiger partial charge is 0.355 e. The quantitative estimate of drug-likeness (QED) is 0.913. The van der Waals surface area contributed by atoms with Crippen molar-refractivity contribution in [1.82, 2.24) is 30.3 Å². The molecule has 0 saturated carbocycles. The number of hydrogen-bond donors (Lipinski definition) is 1. The summed E-state index contributed by atoms with van der Waals surface area (Å²) in [6.45, 7) is 9.72. The first-order chi connectivity index (χ1) is 10.0. The number of piperidine rings is 1. The van der Waals surface area contributed by atoms with E-state index in [0.717, 1.165) is 25.5 Å². The van der Waals surface area contributed by atoms with Gasteiger partial charge in [-0.05, 0) is 50.0 Å². The van der Waals surface area contributed by atoms with Crippen molar-refractivity contribution in [3.05, 3.63) is 12.4 Å². The Hall–Kier alpha value is -1.76. The van der Waals surface area contributed by atoms with Crippen LogP contribution in [0.2, 0.25) is 0 Å². The van der Waals surface area contributed by atoms with Crippen LogP contribution in [0.15, 0.2) is 12.4 Å². The van der Waals surface area contributed by atoms with E-state index >= 15 is 0 Å². The molecule has 0 bridgehead atoms. The van der Waals surface area contributed by atoms with Crippen molar-refractivity contribution >= 4 is 11.5 Å². The Balaban J connectivity index is 1.72. The average Bonchev–Trinajstić information content (AvgIpc) is 2.93. The smallest absolute Gasteiger partial charge is 0.199 e. The monoisotopic (exact) mass is 289 g/mol. The molecule has 21 heavy (non-hydrogen) atoms. The summed E-state index contributed by atoms with van der Waals surface area (Å²) in [6.07, 6.45) is 5.99. The molecule has 7 nitrogen and oxygen atoms in total. The van der Waals surface area contributed by atoms with Crippen molar-refractivity contribution in [1.29, 1.82) is 0 Å². The van der Waals surface area contributed by atoms with Crippen LogP contribution in [0.25, 0.3) is 5.65 Å². The average molecular weight is 289 g/mol. The van der Waals surface area contributed by atoms with Crippen molar-refractivity contribution in [2.45, 2.75) is 39.2 Å². The van der Waals surface area contributed by atoms with Gasteiger partial charge in [-0.3, -0.25) is 4.98 Å². The summed E-state index contributed by atoms with van der Waals surface area (Å²) in [5.41, 5.74) is 0.863. The Morgan fingerprint density at radius 3 is 3.00 bits per heavy atom. The summed E-state index contributed by atoms with van der Waals surface area (Å²) in [6, 6.07) is 0. The van der Waals surface area contributed by atoms with Crippen LogP contribution >= 0.6 is 0 Å². The number of fused-ring (bicyclic) bond motifs is 1. The second kappa shape index (κ2) is 5.55. The number of rotatable bonds is 3. The van der Waals surface area contributed by atoms with Gasteiger partial charge < -0.3 is 10.2 Å². The van der Waals surface area contributed by atoms with Crippen LogP contribution in [0, 0.1) is 5.92 Å². The Labute approximate surface area is 124 Å². The summed E-state index contributed by atoms with van der Waals surface area (Å²) in [4.78, 5) is 6.59. The van der Waals surface area contributed by atoms with Crippen molar-refractivity contribution in [2.75, 3.05) is 24.5 Å². The molecule has 0 aromatic carbocycles. The first-order valence-electron chi connectivity index (χ1n) is 7.55. The van der Waals surface area contributed by atoms with Crippen LogP contribution in [0.3, 0.4) is 0 Å². The molecule has 1 aliphatic rings. The Bertz CT molecular complexity index is 601. The van der Waals surface area contributed by atoms with Gasteiger partial charge in [0.15, 0.2) is 11.5 Å². The highest BCUT2D eigenvalue weighted by Gasteiger charge is 2.23. The molecule has 0 spiro atoms. The lowest BCUT2D eigenvalue weighted by Crippen LogP contribution is -2.45. The molecule has 1 N–H and O–H groups in total. The second-order valence-corrected chi connectivity index (χ2v) is 6.80. The lowest BCUT2D eigenvalue weighted by molar-refractivity contribution is 0.334. The van der Waals surface area contributed by atoms with Crippen molar-refractivity contribution in [2.24, 2.45) is 5.92 Å². The van der Waals surface area contributed by atoms with Gasteiger partial charge in [-0.2, -0.15) is 4.52 Å². The van der Waals surface area contributed by atoms with E-state index in [4.69, 9.17) is 0 Å². The first kappa shape index (κ1) is 14.2. The van der Waals surface area contributed by atoms with Crippen LogP contribution in [0.4, 0.5) is 5.82 Å². The minimum Gasteiger partial charge on any atom is -0.355 e. The van der Waals surface area contributed by atoms with Crippen molar-refractivity contribution in [3.63, 3.8) is 0 Å². The van der Waals surface area contributed by atoms with Crippen LogP contribution in [-0.4, -0.2) is 50.2 Å². The minimum atomic E-state index is 0.166. The summed E-state index contributed by atoms with van der Waals surface area (Å²) in [7, 11) is 0. The topological polar surface area (TPSA) is 71.2 Å². The lowest BCUT2D eigenvalue weighted by atomic mass is 9.96. The van der Waals surface area contributed by atoms with Gasteiger partial charge in [0.2, 0.25) is 0 Å². The number of anilines is 1. The molecule has 7 heteroatoms. The van der Waals surface area contributed by atoms with Gasteiger partial charge in [-0.1, -0.05) is 0 Å². The van der Waals surface area contributed by atoms with Gasteiger partial charge >= 0.3 is 0 Å². The zero-order valence-electron chi connectivity index (χ0n) is 13.0. The number of nitrogens with one attached hydrogen (secondary N) is 1. The number of nitrogens with zero attached hydrogens (tertiary/aromatic N) is 6. The fraction of sp³-hybridized carbons (Fsp3) is 0.714. The zero-order chi connectivity index (χ0) is 14.9. The molecule has 1 saturated heterocycles. The minimum absolute atomic E-state index is 0.166. The van der Waals surface area contributed by atoms with E-state index in [0.29, 0.717) is 11.6 Å². The third kappa shape index (κ3) is 3.29. The van der Waals surface area contributed by atoms with Gasteiger partial charge in [0.05, 0.1) is 12.4 Å². The highest BCUT2D eigenvalue weighted by Crippen LogP contribution is 2.22. The normalized spacial score (nSPS) is 20.1. The Morgan fingerprint density at radius 1 is 1.33 bits per heavy atom. The highest BCUT2D eigenvalue weighted by molar-refractivity contribution is 5.46. The maximum absolute atomic E-state index is 4.25. The van der Waals surface area contributed by atoms with E-state index in [-0.39, 0.29) is 5.54 Å². The Morgan fingerprint density at radius 2 is 2.19 bits per heavy atom. The molecule has 0 amide bonds. The van der Waals surface area contributed by atoms with Gasteiger partial charge in [0.1, 0.15) is 0 Å². The van der Waals surface area contributed by atoms with E-state index in [1.807, 2.05) is 6.20 Å². The number of aromatic nitrogens is 5. The van der Waals surface area contributed by atoms with E-state index in [2.05, 4.69) is 51.5 Å². The molecule has 1 aliphatic heterocycles. The predicted molar refractivity (Wildman–Crippen MR) is 81.3 cm³/mol. The highest BCUT2D eigenvalue weighted by atomic mass is 15.5. The first-order valence-corrected chi connectivity index (χ1v) is 7.55. The van der Waals surface area contributed by atoms with E-state index < -0.39 is 0 Å². The van der Waals surface area contributed by atoms with Gasteiger partial charge in [-0.25, -0.2) is 0 Å². The summed E-state index contributed by atoms with van der Waals surface area (Å²) >= 11 is 0. The molecule has 114 valence electrons. The molecule has 3 rings (SSSR count). The lowest BCUT2D eigenvalue weighted by Gasteiger charge is -2.35. The number of tetrazole rings is 1. The van der Waals surface area contributed by atoms with Crippen LogP contribution in [0.1, 0.15) is 33.6 Å². The van der Waals surface area contributed by atoms with E-state index in [1.165, 1.54) is 12.8 Å². The molecule has 2 aromatic heterocycles. The third-order valence-corrected chi connectivity index (χ3v) is 3.85. The van der Waals surface area contributed by atoms with Crippen LogP contribution < -0.4 is 10.2 Å². The van der Waals surface area contributed by atoms with Gasteiger partial charge in [0.25, 0.3) is 0 Å². The fourth-order valence-electron chi connectivity index (χ4n) is 2.77.